The van der Waals surface area contributed by atoms with Gasteiger partial charge in [-0.25, -0.2) is 0 Å². The molecule has 1 heterocycles. The molecule has 3 aromatic rings. The second-order valence-electron chi connectivity index (χ2n) is 4.96. The minimum Gasteiger partial charge on any atom is -0.459 e. The van der Waals surface area contributed by atoms with Gasteiger partial charge >= 0.3 is 0 Å². The maximum Gasteiger partial charge on any atom is 0.251 e. The SMILES string of the molecule is O=C(NCc1ccc(-c2ccc(Cl)cc2)o1)c1ccc(Cl)cc1. The van der Waals surface area contributed by atoms with Crippen LogP contribution >= 0.6 is 23.2 Å². The van der Waals surface area contributed by atoms with Crippen molar-refractivity contribution in [2.24, 2.45) is 0 Å². The fourth-order valence-electron chi connectivity index (χ4n) is 2.11. The van der Waals surface area contributed by atoms with E-state index in [4.69, 9.17) is 27.6 Å². The molecule has 0 aliphatic heterocycles. The van der Waals surface area contributed by atoms with Crippen molar-refractivity contribution in [3.05, 3.63) is 82.0 Å². The minimum atomic E-state index is -0.175. The van der Waals surface area contributed by atoms with Gasteiger partial charge in [-0.15, -0.1) is 0 Å². The summed E-state index contributed by atoms with van der Waals surface area (Å²) in [6.45, 7) is 0.315. The summed E-state index contributed by atoms with van der Waals surface area (Å²) in [7, 11) is 0. The van der Waals surface area contributed by atoms with E-state index in [2.05, 4.69) is 5.32 Å². The summed E-state index contributed by atoms with van der Waals surface area (Å²) < 4.78 is 5.74. The van der Waals surface area contributed by atoms with Crippen LogP contribution in [0.4, 0.5) is 0 Å². The quantitative estimate of drug-likeness (QED) is 0.707. The maximum absolute atomic E-state index is 12.0. The summed E-state index contributed by atoms with van der Waals surface area (Å²) in [6.07, 6.45) is 0. The van der Waals surface area contributed by atoms with Crippen molar-refractivity contribution in [3.8, 4) is 11.3 Å². The molecule has 0 aliphatic rings. The average Bonchev–Trinajstić information content (AvgIpc) is 3.03. The molecule has 116 valence electrons. The highest BCUT2D eigenvalue weighted by Gasteiger charge is 2.08. The van der Waals surface area contributed by atoms with Crippen molar-refractivity contribution in [1.29, 1.82) is 0 Å². The normalized spacial score (nSPS) is 10.5. The Morgan fingerprint density at radius 2 is 1.48 bits per heavy atom. The lowest BCUT2D eigenvalue weighted by molar-refractivity contribution is 0.0948. The van der Waals surface area contributed by atoms with Gasteiger partial charge in [-0.05, 0) is 60.7 Å². The van der Waals surface area contributed by atoms with E-state index in [-0.39, 0.29) is 5.91 Å². The number of carbonyl (C=O) groups is 1. The lowest BCUT2D eigenvalue weighted by Crippen LogP contribution is -2.22. The second kappa shape index (κ2) is 6.90. The number of carbonyl (C=O) groups excluding carboxylic acids is 1. The van der Waals surface area contributed by atoms with Crippen LogP contribution in [0.15, 0.2) is 65.1 Å². The Labute approximate surface area is 143 Å². The Bertz CT molecular complexity index is 808. The number of halogens is 2. The van der Waals surface area contributed by atoms with Crippen molar-refractivity contribution in [2.45, 2.75) is 6.54 Å². The number of hydrogen-bond donors (Lipinski definition) is 1. The molecular formula is C18H13Cl2NO2. The largest absolute Gasteiger partial charge is 0.459 e. The van der Waals surface area contributed by atoms with Gasteiger partial charge in [0, 0.05) is 21.2 Å². The molecule has 1 aromatic heterocycles. The molecule has 3 rings (SSSR count). The van der Waals surface area contributed by atoms with Crippen LogP contribution in [-0.2, 0) is 6.54 Å². The zero-order valence-electron chi connectivity index (χ0n) is 12.1. The molecule has 1 amide bonds. The van der Waals surface area contributed by atoms with Gasteiger partial charge in [-0.1, -0.05) is 23.2 Å². The highest BCUT2D eigenvalue weighted by Crippen LogP contribution is 2.23. The van der Waals surface area contributed by atoms with E-state index in [1.54, 1.807) is 36.4 Å². The van der Waals surface area contributed by atoms with Gasteiger partial charge in [0.2, 0.25) is 0 Å². The van der Waals surface area contributed by atoms with Crippen LogP contribution in [-0.4, -0.2) is 5.91 Å². The number of rotatable bonds is 4. The summed E-state index contributed by atoms with van der Waals surface area (Å²) in [4.78, 5) is 12.0. The highest BCUT2D eigenvalue weighted by molar-refractivity contribution is 6.30. The molecule has 3 nitrogen and oxygen atoms in total. The van der Waals surface area contributed by atoms with Crippen molar-refractivity contribution >= 4 is 29.1 Å². The van der Waals surface area contributed by atoms with Crippen LogP contribution in [0.1, 0.15) is 16.1 Å². The summed E-state index contributed by atoms with van der Waals surface area (Å²) in [5.41, 5.74) is 1.49. The van der Waals surface area contributed by atoms with Crippen molar-refractivity contribution in [1.82, 2.24) is 5.32 Å². The van der Waals surface area contributed by atoms with Crippen LogP contribution in [0.3, 0.4) is 0 Å². The number of hydrogen-bond acceptors (Lipinski definition) is 2. The molecule has 0 bridgehead atoms. The van der Waals surface area contributed by atoms with Crippen LogP contribution in [0.2, 0.25) is 10.0 Å². The number of amides is 1. The van der Waals surface area contributed by atoms with E-state index in [1.807, 2.05) is 24.3 Å². The molecule has 0 radical (unpaired) electrons. The van der Waals surface area contributed by atoms with Gasteiger partial charge in [0.25, 0.3) is 5.91 Å². The molecule has 0 spiro atoms. The van der Waals surface area contributed by atoms with E-state index in [0.29, 0.717) is 27.9 Å². The Balaban J connectivity index is 1.64. The van der Waals surface area contributed by atoms with E-state index in [0.717, 1.165) is 11.3 Å². The van der Waals surface area contributed by atoms with E-state index >= 15 is 0 Å². The fourth-order valence-corrected chi connectivity index (χ4v) is 2.36. The molecule has 1 N–H and O–H groups in total. The zero-order valence-corrected chi connectivity index (χ0v) is 13.6. The molecule has 23 heavy (non-hydrogen) atoms. The van der Waals surface area contributed by atoms with Crippen molar-refractivity contribution < 1.29 is 9.21 Å². The Kier molecular flexibility index (Phi) is 4.70. The predicted octanol–water partition coefficient (Wildman–Crippen LogP) is 5.18. The Hall–Kier alpha value is -2.23. The third kappa shape index (κ3) is 3.95. The lowest BCUT2D eigenvalue weighted by atomic mass is 10.2. The predicted molar refractivity (Wildman–Crippen MR) is 91.8 cm³/mol. The first kappa shape index (κ1) is 15.7. The third-order valence-corrected chi connectivity index (χ3v) is 3.82. The standard InChI is InChI=1S/C18H13Cl2NO2/c19-14-5-1-12(2-6-14)17-10-9-16(23-17)11-21-18(22)13-3-7-15(20)8-4-13/h1-10H,11H2,(H,21,22). The van der Waals surface area contributed by atoms with Gasteiger partial charge in [-0.2, -0.15) is 0 Å². The van der Waals surface area contributed by atoms with Crippen molar-refractivity contribution in [2.75, 3.05) is 0 Å². The summed E-state index contributed by atoms with van der Waals surface area (Å²) in [6, 6.07) is 17.8. The fraction of sp³-hybridized carbons (Fsp3) is 0.0556. The zero-order chi connectivity index (χ0) is 16.2. The van der Waals surface area contributed by atoms with Gasteiger partial charge in [0.05, 0.1) is 6.54 Å². The maximum atomic E-state index is 12.0. The average molecular weight is 346 g/mol. The molecule has 0 saturated heterocycles. The molecular weight excluding hydrogens is 333 g/mol. The van der Waals surface area contributed by atoms with Crippen LogP contribution in [0, 0.1) is 0 Å². The molecule has 0 atom stereocenters. The topological polar surface area (TPSA) is 42.2 Å². The van der Waals surface area contributed by atoms with Gasteiger partial charge in [0.1, 0.15) is 11.5 Å². The number of benzene rings is 2. The molecule has 2 aromatic carbocycles. The third-order valence-electron chi connectivity index (χ3n) is 3.32. The molecule has 0 fully saturated rings. The van der Waals surface area contributed by atoms with Crippen LogP contribution in [0.5, 0.6) is 0 Å². The molecule has 0 unspecified atom stereocenters. The summed E-state index contributed by atoms with van der Waals surface area (Å²) in [5.74, 6) is 1.24. The molecule has 0 aliphatic carbocycles. The van der Waals surface area contributed by atoms with Gasteiger partial charge < -0.3 is 9.73 Å². The number of furan rings is 1. The van der Waals surface area contributed by atoms with Gasteiger partial charge in [-0.3, -0.25) is 4.79 Å². The first-order chi connectivity index (χ1) is 11.1. The Morgan fingerprint density at radius 1 is 0.870 bits per heavy atom. The van der Waals surface area contributed by atoms with E-state index in [9.17, 15) is 4.79 Å². The first-order valence-electron chi connectivity index (χ1n) is 7.00. The van der Waals surface area contributed by atoms with Crippen LogP contribution < -0.4 is 5.32 Å². The smallest absolute Gasteiger partial charge is 0.251 e. The van der Waals surface area contributed by atoms with Crippen LogP contribution in [0.25, 0.3) is 11.3 Å². The summed E-state index contributed by atoms with van der Waals surface area (Å²) >= 11 is 11.7. The minimum absolute atomic E-state index is 0.175. The van der Waals surface area contributed by atoms with Gasteiger partial charge in [0.15, 0.2) is 0 Å². The summed E-state index contributed by atoms with van der Waals surface area (Å²) in [5, 5.41) is 4.09. The monoisotopic (exact) mass is 345 g/mol. The lowest BCUT2D eigenvalue weighted by Gasteiger charge is -2.03. The second-order valence-corrected chi connectivity index (χ2v) is 5.84. The van der Waals surface area contributed by atoms with E-state index in [1.165, 1.54) is 0 Å². The van der Waals surface area contributed by atoms with E-state index < -0.39 is 0 Å². The molecule has 5 heteroatoms. The number of nitrogens with one attached hydrogen (secondary N) is 1. The molecule has 0 saturated carbocycles. The highest BCUT2D eigenvalue weighted by atomic mass is 35.5. The first-order valence-corrected chi connectivity index (χ1v) is 7.76. The van der Waals surface area contributed by atoms with Crippen molar-refractivity contribution in [3.63, 3.8) is 0 Å². The Morgan fingerprint density at radius 3 is 2.13 bits per heavy atom.